The number of hydrogen-bond donors (Lipinski definition) is 2. The average Bonchev–Trinajstić information content (AvgIpc) is 2.96. The van der Waals surface area contributed by atoms with Crippen LogP contribution in [-0.2, 0) is 58.5 Å². The highest BCUT2D eigenvalue weighted by atomic mass is 28.6. The van der Waals surface area contributed by atoms with Gasteiger partial charge in [0.05, 0.1) is 13.2 Å². The van der Waals surface area contributed by atoms with Crippen molar-refractivity contribution in [2.24, 2.45) is 41.4 Å². The van der Waals surface area contributed by atoms with E-state index in [1.807, 2.05) is 0 Å². The first kappa shape index (κ1) is 50.1. The second-order valence-electron chi connectivity index (χ2n) is 19.8. The van der Waals surface area contributed by atoms with Crippen LogP contribution in [0.2, 0.25) is 42.3 Å². The largest absolute Gasteiger partial charge is 0.657 e. The lowest BCUT2D eigenvalue weighted by Crippen LogP contribution is -2.89. The highest BCUT2D eigenvalue weighted by molar-refractivity contribution is 7.02. The van der Waals surface area contributed by atoms with E-state index in [-0.39, 0.29) is 61.2 Å². The van der Waals surface area contributed by atoms with Crippen LogP contribution in [0.3, 0.4) is 0 Å². The molecule has 1 atom stereocenters. The van der Waals surface area contributed by atoms with Gasteiger partial charge < -0.3 is 68.8 Å². The summed E-state index contributed by atoms with van der Waals surface area (Å²) in [4.78, 5) is 0. The summed E-state index contributed by atoms with van der Waals surface area (Å²) in [5.74, 6) is 0.394. The molecule has 6 rings (SSSR count). The average molecular weight is 966 g/mol. The summed E-state index contributed by atoms with van der Waals surface area (Å²) in [6, 6.07) is 2.81. The summed E-state index contributed by atoms with van der Waals surface area (Å²) in [5, 5.41) is 19.2. The molecule has 16 nitrogen and oxygen atoms in total. The van der Waals surface area contributed by atoms with Crippen molar-refractivity contribution >= 4 is 70.7 Å². The summed E-state index contributed by atoms with van der Waals surface area (Å²) in [6.45, 7) is 29.6. The lowest BCUT2D eigenvalue weighted by Gasteiger charge is -2.63. The molecular weight excluding hydrogens is 889 g/mol. The fourth-order valence-electron chi connectivity index (χ4n) is 8.30. The van der Waals surface area contributed by atoms with Crippen molar-refractivity contribution in [1.29, 1.82) is 0 Å². The fourth-order valence-corrected chi connectivity index (χ4v) is 58.0. The monoisotopic (exact) mass is 964 g/mol. The molecule has 0 aromatic heterocycles. The SMILES string of the molecule is CC(C)C[Si]12O[Si]3(CC(C)C)O[Si]4(CC(C)C)O[Si](CC(C)C)(O1)O[Si]1(CC(C)C)O[Si](CC(C)C)(O2)O[Si](CC(C)C)(O3)O[Si](OCCCOC[C@H](O)CO)(O4)O1. The van der Waals surface area contributed by atoms with E-state index in [9.17, 15) is 10.2 Å². The van der Waals surface area contributed by atoms with E-state index in [4.69, 9.17) is 58.5 Å². The van der Waals surface area contributed by atoms with E-state index in [2.05, 4.69) is 96.9 Å². The molecule has 0 unspecified atom stereocenters. The van der Waals surface area contributed by atoms with Gasteiger partial charge in [0.2, 0.25) is 0 Å². The van der Waals surface area contributed by atoms with E-state index in [0.29, 0.717) is 48.7 Å². The maximum atomic E-state index is 9.87. The van der Waals surface area contributed by atoms with Gasteiger partial charge in [0.15, 0.2) is 0 Å². The Kier molecular flexibility index (Phi) is 16.7. The zero-order chi connectivity index (χ0) is 43.0. The summed E-state index contributed by atoms with van der Waals surface area (Å²) in [7, 11) is -32.7. The zero-order valence-electron chi connectivity index (χ0n) is 37.7. The Morgan fingerprint density at radius 3 is 0.845 bits per heavy atom. The van der Waals surface area contributed by atoms with Crippen molar-refractivity contribution < 1.29 is 68.8 Å². The Bertz CT molecular complexity index is 1200. The Balaban J connectivity index is 1.85. The summed E-state index contributed by atoms with van der Waals surface area (Å²) < 4.78 is 105. The number of aliphatic hydroxyl groups is 2. The predicted octanol–water partition coefficient (Wildman–Crippen LogP) is 6.63. The van der Waals surface area contributed by atoms with Crippen LogP contribution in [0.5, 0.6) is 0 Å². The van der Waals surface area contributed by atoms with Crippen LogP contribution in [0.4, 0.5) is 0 Å². The van der Waals surface area contributed by atoms with Crippen molar-refractivity contribution in [3.63, 3.8) is 0 Å². The first-order chi connectivity index (χ1) is 26.9. The molecule has 6 fully saturated rings. The van der Waals surface area contributed by atoms with E-state index < -0.39 is 83.4 Å². The van der Waals surface area contributed by atoms with Crippen molar-refractivity contribution in [2.45, 2.75) is 152 Å². The molecule has 6 aliphatic rings. The third-order valence-electron chi connectivity index (χ3n) is 9.48. The van der Waals surface area contributed by atoms with E-state index >= 15 is 0 Å². The molecular formula is C34H76O16Si8. The second kappa shape index (κ2) is 19.3. The Hall–Kier alpha value is 1.10. The van der Waals surface area contributed by atoms with E-state index in [1.54, 1.807) is 0 Å². The smallest absolute Gasteiger partial charge is 0.394 e. The topological polar surface area (TPSA) is 170 Å². The minimum absolute atomic E-state index is 0.0118. The van der Waals surface area contributed by atoms with Crippen LogP contribution in [-0.4, -0.2) is 113 Å². The highest BCUT2D eigenvalue weighted by Gasteiger charge is 2.84. The van der Waals surface area contributed by atoms with Crippen molar-refractivity contribution in [3.8, 4) is 0 Å². The van der Waals surface area contributed by atoms with Crippen LogP contribution in [0.25, 0.3) is 0 Å². The second-order valence-corrected chi connectivity index (χ2v) is 43.3. The first-order valence-corrected chi connectivity index (χ1v) is 36.9. The molecule has 0 aliphatic carbocycles. The lowest BCUT2D eigenvalue weighted by atomic mass is 10.3. The molecule has 6 heterocycles. The molecule has 58 heavy (non-hydrogen) atoms. The molecule has 2 N–H and O–H groups in total. The van der Waals surface area contributed by atoms with Gasteiger partial charge in [0, 0.05) is 55.5 Å². The normalized spacial score (nSPS) is 39.4. The molecule has 0 aromatic carbocycles. The molecule has 8 bridgehead atoms. The Morgan fingerprint density at radius 1 is 0.379 bits per heavy atom. The third kappa shape index (κ3) is 12.5. The molecule has 0 aromatic rings. The quantitative estimate of drug-likeness (QED) is 0.0875. The van der Waals surface area contributed by atoms with E-state index in [0.717, 1.165) is 0 Å². The van der Waals surface area contributed by atoms with E-state index in [1.165, 1.54) is 0 Å². The number of aliphatic hydroxyl groups excluding tert-OH is 2. The molecule has 0 radical (unpaired) electrons. The van der Waals surface area contributed by atoms with Gasteiger partial charge in [-0.25, -0.2) is 0 Å². The van der Waals surface area contributed by atoms with Gasteiger partial charge in [-0.2, -0.15) is 0 Å². The molecule has 0 saturated carbocycles. The predicted molar refractivity (Wildman–Crippen MR) is 231 cm³/mol. The van der Waals surface area contributed by atoms with Gasteiger partial charge in [-0.15, -0.1) is 0 Å². The molecule has 6 saturated heterocycles. The standard InChI is InChI=1S/C34H76O16Si8/c1-27(2)20-51-39-52(21-28(3)4)42-55(24-31(9)10)44-53(40-51,22-29(5)6)46-57(26-33(13)14)47-54(41-51,23-30(7)8)45-56(43-52,25-32(11)12)49-58(48-55,50-57)38-17-15-16-37-19-34(36)18-35/h27-36H,15-26H2,1-14H3/t34-,51?,52?,53?,54?,55?,56?,57?,58?/m1/s1. The van der Waals surface area contributed by atoms with Crippen LogP contribution in [0.1, 0.15) is 103 Å². The maximum Gasteiger partial charge on any atom is 0.657 e. The fraction of sp³-hybridized carbons (Fsp3) is 1.00. The number of ether oxygens (including phenoxy) is 1. The van der Waals surface area contributed by atoms with Crippen molar-refractivity contribution in [2.75, 3.05) is 26.4 Å². The zero-order valence-corrected chi connectivity index (χ0v) is 45.7. The number of hydrogen-bond acceptors (Lipinski definition) is 16. The summed E-state index contributed by atoms with van der Waals surface area (Å²) in [5.41, 5.74) is 0. The minimum atomic E-state index is -4.52. The molecule has 6 aliphatic heterocycles. The van der Waals surface area contributed by atoms with Gasteiger partial charge in [-0.05, 0) is 47.8 Å². The molecule has 24 heteroatoms. The van der Waals surface area contributed by atoms with Crippen LogP contribution < -0.4 is 0 Å². The van der Waals surface area contributed by atoms with Gasteiger partial charge in [0.1, 0.15) is 6.10 Å². The molecule has 0 spiro atoms. The highest BCUT2D eigenvalue weighted by Crippen LogP contribution is 2.55. The van der Waals surface area contributed by atoms with Crippen molar-refractivity contribution in [1.82, 2.24) is 0 Å². The van der Waals surface area contributed by atoms with Gasteiger partial charge in [-0.3, -0.25) is 0 Å². The molecule has 340 valence electrons. The third-order valence-corrected chi connectivity index (χ3v) is 48.4. The Labute approximate surface area is 357 Å². The summed E-state index contributed by atoms with van der Waals surface area (Å²) in [6.07, 6.45) is -0.580. The van der Waals surface area contributed by atoms with Crippen LogP contribution in [0.15, 0.2) is 0 Å². The number of rotatable bonds is 22. The van der Waals surface area contributed by atoms with Gasteiger partial charge in [-0.1, -0.05) is 96.9 Å². The maximum absolute atomic E-state index is 9.87. The van der Waals surface area contributed by atoms with Crippen LogP contribution in [0, 0.1) is 41.4 Å². The van der Waals surface area contributed by atoms with Crippen molar-refractivity contribution in [3.05, 3.63) is 0 Å². The lowest BCUT2D eigenvalue weighted by molar-refractivity contribution is -0.0636. The molecule has 0 amide bonds. The minimum Gasteiger partial charge on any atom is -0.394 e. The van der Waals surface area contributed by atoms with Crippen LogP contribution >= 0.6 is 0 Å². The van der Waals surface area contributed by atoms with Gasteiger partial charge in [0.25, 0.3) is 0 Å². The first-order valence-electron chi connectivity index (χ1n) is 21.8. The Morgan fingerprint density at radius 2 is 0.621 bits per heavy atom. The summed E-state index contributed by atoms with van der Waals surface area (Å²) >= 11 is 0. The van der Waals surface area contributed by atoms with Gasteiger partial charge >= 0.3 is 70.7 Å².